The molecule has 0 saturated carbocycles. The van der Waals surface area contributed by atoms with Crippen LogP contribution in [0, 0.1) is 0 Å². The lowest BCUT2D eigenvalue weighted by atomic mass is 9.95. The molecular formula is C28H27BrNP. The van der Waals surface area contributed by atoms with Gasteiger partial charge in [-0.3, -0.25) is 4.98 Å². The Balaban J connectivity index is 0.00000231. The molecule has 0 fully saturated rings. The van der Waals surface area contributed by atoms with Gasteiger partial charge in [-0.2, -0.15) is 0 Å². The first-order chi connectivity index (χ1) is 14.8. The van der Waals surface area contributed by atoms with E-state index in [2.05, 4.69) is 104 Å². The average molecular weight is 488 g/mol. The first-order valence-corrected chi connectivity index (χ1v) is 13.1. The van der Waals surface area contributed by atoms with Crippen molar-refractivity contribution in [2.75, 3.05) is 6.66 Å². The standard InChI is InChI=1S/C28H27NP.BrH/c1-30(23-13-4-2-5-14-23,24-15-6-3-7-16-24)28-19-11-9-17-25(28)27-21-20-22-12-8-10-18-26(22)29-27;/h2-7,9,11,13-17,19-21H,8,10,12,18H2,1H3;1H/q+1;/p-1. The summed E-state index contributed by atoms with van der Waals surface area (Å²) < 4.78 is 0. The smallest absolute Gasteiger partial charge is 0.113 e. The van der Waals surface area contributed by atoms with E-state index < -0.39 is 7.26 Å². The molecule has 1 heterocycles. The quantitative estimate of drug-likeness (QED) is 0.403. The van der Waals surface area contributed by atoms with E-state index in [0.29, 0.717) is 0 Å². The number of benzene rings is 3. The van der Waals surface area contributed by atoms with Crippen molar-refractivity contribution in [1.82, 2.24) is 4.98 Å². The molecule has 31 heavy (non-hydrogen) atoms. The first kappa shape index (κ1) is 21.9. The second-order valence-corrected chi connectivity index (χ2v) is 11.7. The van der Waals surface area contributed by atoms with Crippen molar-refractivity contribution < 1.29 is 17.0 Å². The third-order valence-corrected chi connectivity index (χ3v) is 10.4. The van der Waals surface area contributed by atoms with Crippen LogP contribution in [-0.4, -0.2) is 11.6 Å². The maximum absolute atomic E-state index is 5.16. The Morgan fingerprint density at radius 2 is 1.23 bits per heavy atom. The normalized spacial score (nSPS) is 13.2. The van der Waals surface area contributed by atoms with Crippen LogP contribution in [0.25, 0.3) is 11.3 Å². The predicted octanol–water partition coefficient (Wildman–Crippen LogP) is 2.56. The Bertz CT molecular complexity index is 1120. The van der Waals surface area contributed by atoms with E-state index in [4.69, 9.17) is 4.98 Å². The molecule has 1 aliphatic rings. The number of halogens is 1. The van der Waals surface area contributed by atoms with Gasteiger partial charge in [0.25, 0.3) is 0 Å². The minimum absolute atomic E-state index is 0. The lowest BCUT2D eigenvalue weighted by Crippen LogP contribution is -3.00. The molecule has 0 radical (unpaired) electrons. The number of hydrogen-bond acceptors (Lipinski definition) is 1. The highest BCUT2D eigenvalue weighted by atomic mass is 79.9. The Morgan fingerprint density at radius 1 is 0.645 bits per heavy atom. The second kappa shape index (κ2) is 9.47. The van der Waals surface area contributed by atoms with Gasteiger partial charge in [0, 0.05) is 11.3 Å². The van der Waals surface area contributed by atoms with Crippen LogP contribution in [0.5, 0.6) is 0 Å². The summed E-state index contributed by atoms with van der Waals surface area (Å²) in [7, 11) is -1.80. The molecule has 0 N–H and O–H groups in total. The van der Waals surface area contributed by atoms with Gasteiger partial charge < -0.3 is 17.0 Å². The van der Waals surface area contributed by atoms with E-state index >= 15 is 0 Å². The average Bonchev–Trinajstić information content (AvgIpc) is 2.84. The lowest BCUT2D eigenvalue weighted by Gasteiger charge is -2.25. The summed E-state index contributed by atoms with van der Waals surface area (Å²) in [4.78, 5) is 5.16. The molecule has 156 valence electrons. The molecule has 3 aromatic carbocycles. The lowest BCUT2D eigenvalue weighted by molar-refractivity contribution is -0.00000594. The number of nitrogens with zero attached hydrogens (tertiary/aromatic N) is 1. The maximum atomic E-state index is 5.16. The zero-order valence-corrected chi connectivity index (χ0v) is 20.3. The molecule has 1 aliphatic carbocycles. The van der Waals surface area contributed by atoms with Gasteiger partial charge in [-0.15, -0.1) is 0 Å². The summed E-state index contributed by atoms with van der Waals surface area (Å²) in [6, 6.07) is 35.5. The molecule has 0 amide bonds. The third-order valence-electron chi connectivity index (χ3n) is 6.39. The number of hydrogen-bond donors (Lipinski definition) is 0. The van der Waals surface area contributed by atoms with E-state index in [1.165, 1.54) is 52.0 Å². The van der Waals surface area contributed by atoms with Crippen LogP contribution in [0.2, 0.25) is 0 Å². The summed E-state index contributed by atoms with van der Waals surface area (Å²) in [6.07, 6.45) is 4.82. The number of aromatic nitrogens is 1. The molecule has 0 spiro atoms. The van der Waals surface area contributed by atoms with Crippen molar-refractivity contribution in [3.8, 4) is 11.3 Å². The monoisotopic (exact) mass is 487 g/mol. The Hall–Kier alpha value is -2.28. The van der Waals surface area contributed by atoms with Gasteiger partial charge in [-0.05, 0) is 73.7 Å². The highest BCUT2D eigenvalue weighted by Gasteiger charge is 2.42. The number of aryl methyl sites for hydroxylation is 2. The number of rotatable bonds is 4. The van der Waals surface area contributed by atoms with Crippen molar-refractivity contribution in [2.24, 2.45) is 0 Å². The molecule has 0 bridgehead atoms. The molecule has 3 heteroatoms. The molecule has 0 saturated heterocycles. The van der Waals surface area contributed by atoms with Crippen LogP contribution < -0.4 is 32.9 Å². The summed E-state index contributed by atoms with van der Waals surface area (Å²) in [5.74, 6) is 0. The van der Waals surface area contributed by atoms with Gasteiger partial charge in [-0.25, -0.2) is 0 Å². The Kier molecular flexibility index (Phi) is 6.70. The van der Waals surface area contributed by atoms with Crippen molar-refractivity contribution >= 4 is 23.2 Å². The maximum Gasteiger partial charge on any atom is 0.113 e. The first-order valence-electron chi connectivity index (χ1n) is 10.8. The van der Waals surface area contributed by atoms with Crippen molar-refractivity contribution in [2.45, 2.75) is 25.7 Å². The van der Waals surface area contributed by atoms with Crippen molar-refractivity contribution in [3.05, 3.63) is 108 Å². The van der Waals surface area contributed by atoms with Crippen LogP contribution in [0.1, 0.15) is 24.1 Å². The fourth-order valence-corrected chi connectivity index (χ4v) is 8.14. The van der Waals surface area contributed by atoms with Gasteiger partial charge >= 0.3 is 0 Å². The molecule has 0 atom stereocenters. The van der Waals surface area contributed by atoms with Gasteiger partial charge in [0.15, 0.2) is 0 Å². The van der Waals surface area contributed by atoms with Crippen molar-refractivity contribution in [1.29, 1.82) is 0 Å². The number of fused-ring (bicyclic) bond motifs is 1. The van der Waals surface area contributed by atoms with Gasteiger partial charge in [0.05, 0.1) is 12.4 Å². The largest absolute Gasteiger partial charge is 1.00 e. The zero-order chi connectivity index (χ0) is 20.4. The fraction of sp³-hybridized carbons (Fsp3) is 0.179. The molecular weight excluding hydrogens is 461 g/mol. The molecule has 0 unspecified atom stereocenters. The minimum atomic E-state index is -1.80. The Labute approximate surface area is 196 Å². The summed E-state index contributed by atoms with van der Waals surface area (Å²) in [5.41, 5.74) is 5.12. The summed E-state index contributed by atoms with van der Waals surface area (Å²) in [6.45, 7) is 2.45. The van der Waals surface area contributed by atoms with E-state index in [1.807, 2.05) is 0 Å². The van der Waals surface area contributed by atoms with E-state index in [1.54, 1.807) is 0 Å². The summed E-state index contributed by atoms with van der Waals surface area (Å²) in [5, 5.41) is 4.22. The predicted molar refractivity (Wildman–Crippen MR) is 131 cm³/mol. The van der Waals surface area contributed by atoms with E-state index in [-0.39, 0.29) is 17.0 Å². The van der Waals surface area contributed by atoms with Crippen LogP contribution in [-0.2, 0) is 12.8 Å². The Morgan fingerprint density at radius 3 is 1.90 bits per heavy atom. The second-order valence-electron chi connectivity index (χ2n) is 8.20. The molecule has 4 aromatic rings. The van der Waals surface area contributed by atoms with Crippen LogP contribution in [0.4, 0.5) is 0 Å². The van der Waals surface area contributed by atoms with Gasteiger partial charge in [0.2, 0.25) is 0 Å². The highest BCUT2D eigenvalue weighted by Crippen LogP contribution is 2.53. The highest BCUT2D eigenvalue weighted by molar-refractivity contribution is 7.95. The molecule has 0 aliphatic heterocycles. The van der Waals surface area contributed by atoms with Crippen LogP contribution in [0.3, 0.4) is 0 Å². The molecule has 5 rings (SSSR count). The van der Waals surface area contributed by atoms with Crippen LogP contribution >= 0.6 is 7.26 Å². The minimum Gasteiger partial charge on any atom is -1.00 e. The van der Waals surface area contributed by atoms with Gasteiger partial charge in [-0.1, -0.05) is 54.6 Å². The van der Waals surface area contributed by atoms with Crippen LogP contribution in [0.15, 0.2) is 97.1 Å². The summed E-state index contributed by atoms with van der Waals surface area (Å²) >= 11 is 0. The number of pyridine rings is 1. The van der Waals surface area contributed by atoms with Crippen molar-refractivity contribution in [3.63, 3.8) is 0 Å². The van der Waals surface area contributed by atoms with E-state index in [9.17, 15) is 0 Å². The van der Waals surface area contributed by atoms with Gasteiger partial charge in [0.1, 0.15) is 23.2 Å². The topological polar surface area (TPSA) is 12.9 Å². The molecule has 1 nitrogen and oxygen atoms in total. The molecule has 1 aromatic heterocycles. The third kappa shape index (κ3) is 4.12. The fourth-order valence-electron chi connectivity index (χ4n) is 4.69. The van der Waals surface area contributed by atoms with E-state index in [0.717, 1.165) is 12.1 Å². The SMILES string of the molecule is C[P+](c1ccccc1)(c1ccccc1)c1ccccc1-c1ccc2c(n1)CCCC2.[Br-]. The zero-order valence-electron chi connectivity index (χ0n) is 17.8.